The Morgan fingerprint density at radius 1 is 1.00 bits per heavy atom. The lowest BCUT2D eigenvalue weighted by atomic mass is 10.1. The molecule has 0 saturated heterocycles. The molecule has 5 nitrogen and oxygen atoms in total. The van der Waals surface area contributed by atoms with Crippen molar-refractivity contribution in [2.45, 2.75) is 31.7 Å². The minimum atomic E-state index is -3.62. The lowest BCUT2D eigenvalue weighted by Gasteiger charge is -2.15. The van der Waals surface area contributed by atoms with Crippen molar-refractivity contribution in [2.24, 2.45) is 5.92 Å². The summed E-state index contributed by atoms with van der Waals surface area (Å²) in [5.74, 6) is -0.106. The van der Waals surface area contributed by atoms with Crippen molar-refractivity contribution in [3.63, 3.8) is 0 Å². The van der Waals surface area contributed by atoms with E-state index >= 15 is 0 Å². The van der Waals surface area contributed by atoms with Gasteiger partial charge in [0.2, 0.25) is 10.0 Å². The molecule has 0 fully saturated rings. The Bertz CT molecular complexity index is 818. The van der Waals surface area contributed by atoms with Crippen molar-refractivity contribution in [3.8, 4) is 0 Å². The van der Waals surface area contributed by atoms with Crippen molar-refractivity contribution in [2.75, 3.05) is 6.54 Å². The smallest absolute Gasteiger partial charge is 0.251 e. The predicted octanol–water partition coefficient (Wildman–Crippen LogP) is 3.11. The van der Waals surface area contributed by atoms with Gasteiger partial charge in [0.15, 0.2) is 0 Å². The number of amides is 1. The highest BCUT2D eigenvalue weighted by Gasteiger charge is 2.17. The summed E-state index contributed by atoms with van der Waals surface area (Å²) in [6.07, 6.45) is 0. The maximum atomic E-state index is 12.4. The summed E-state index contributed by atoms with van der Waals surface area (Å²) in [6, 6.07) is 15.5. The van der Waals surface area contributed by atoms with Gasteiger partial charge in [0, 0.05) is 12.1 Å². The van der Waals surface area contributed by atoms with E-state index in [1.54, 1.807) is 12.1 Å². The standard InChI is InChI=1S/C19H24N2O3S/c1-14(2)13-20-25(23,24)18-11-7-10-17(12-18)19(22)21-15(3)16-8-5-4-6-9-16/h4-12,14-15,20H,13H2,1-3H3,(H,21,22)/t15-/m0/s1. The van der Waals surface area contributed by atoms with Gasteiger partial charge in [0.05, 0.1) is 10.9 Å². The first-order valence-electron chi connectivity index (χ1n) is 8.25. The van der Waals surface area contributed by atoms with Crippen LogP contribution in [0.5, 0.6) is 0 Å². The monoisotopic (exact) mass is 360 g/mol. The Balaban J connectivity index is 2.14. The fourth-order valence-electron chi connectivity index (χ4n) is 2.27. The van der Waals surface area contributed by atoms with E-state index < -0.39 is 10.0 Å². The van der Waals surface area contributed by atoms with Crippen LogP contribution >= 0.6 is 0 Å². The Labute approximate surface area is 149 Å². The van der Waals surface area contributed by atoms with Gasteiger partial charge in [-0.2, -0.15) is 0 Å². The van der Waals surface area contributed by atoms with Gasteiger partial charge in [-0.1, -0.05) is 50.2 Å². The molecule has 0 saturated carbocycles. The second-order valence-electron chi connectivity index (χ2n) is 6.38. The van der Waals surface area contributed by atoms with Crippen LogP contribution in [0.2, 0.25) is 0 Å². The van der Waals surface area contributed by atoms with E-state index in [4.69, 9.17) is 0 Å². The largest absolute Gasteiger partial charge is 0.346 e. The molecule has 0 aliphatic heterocycles. The summed E-state index contributed by atoms with van der Waals surface area (Å²) < 4.78 is 27.2. The molecule has 1 atom stereocenters. The van der Waals surface area contributed by atoms with Crippen molar-refractivity contribution in [3.05, 3.63) is 65.7 Å². The van der Waals surface area contributed by atoms with E-state index in [1.165, 1.54) is 12.1 Å². The lowest BCUT2D eigenvalue weighted by Crippen LogP contribution is -2.29. The molecule has 25 heavy (non-hydrogen) atoms. The number of hydrogen-bond donors (Lipinski definition) is 2. The van der Waals surface area contributed by atoms with Gasteiger partial charge >= 0.3 is 0 Å². The maximum absolute atomic E-state index is 12.4. The van der Waals surface area contributed by atoms with Gasteiger partial charge in [-0.25, -0.2) is 13.1 Å². The van der Waals surface area contributed by atoms with Gasteiger partial charge in [-0.3, -0.25) is 4.79 Å². The molecule has 2 rings (SSSR count). The minimum Gasteiger partial charge on any atom is -0.346 e. The summed E-state index contributed by atoms with van der Waals surface area (Å²) in [7, 11) is -3.62. The van der Waals surface area contributed by atoms with Gasteiger partial charge in [-0.05, 0) is 36.6 Å². The lowest BCUT2D eigenvalue weighted by molar-refractivity contribution is 0.0939. The summed E-state index contributed by atoms with van der Waals surface area (Å²) >= 11 is 0. The van der Waals surface area contributed by atoms with E-state index in [-0.39, 0.29) is 22.8 Å². The zero-order chi connectivity index (χ0) is 18.4. The Kier molecular flexibility index (Phi) is 6.33. The van der Waals surface area contributed by atoms with Crippen molar-refractivity contribution in [1.82, 2.24) is 10.0 Å². The number of rotatable bonds is 7. The molecule has 0 aromatic heterocycles. The maximum Gasteiger partial charge on any atom is 0.251 e. The van der Waals surface area contributed by atoms with Crippen LogP contribution in [0.25, 0.3) is 0 Å². The molecule has 0 spiro atoms. The molecule has 0 bridgehead atoms. The number of sulfonamides is 1. The zero-order valence-corrected chi connectivity index (χ0v) is 15.5. The molecule has 1 amide bonds. The molecule has 2 aromatic rings. The van der Waals surface area contributed by atoms with E-state index in [2.05, 4.69) is 10.0 Å². The number of benzene rings is 2. The van der Waals surface area contributed by atoms with Gasteiger partial charge in [0.1, 0.15) is 0 Å². The van der Waals surface area contributed by atoms with Crippen LogP contribution in [0.15, 0.2) is 59.5 Å². The van der Waals surface area contributed by atoms with E-state index in [0.717, 1.165) is 5.56 Å². The van der Waals surface area contributed by atoms with Crippen LogP contribution in [0, 0.1) is 5.92 Å². The molecular weight excluding hydrogens is 336 g/mol. The fourth-order valence-corrected chi connectivity index (χ4v) is 3.53. The van der Waals surface area contributed by atoms with Crippen molar-refractivity contribution >= 4 is 15.9 Å². The quantitative estimate of drug-likeness (QED) is 0.797. The highest BCUT2D eigenvalue weighted by atomic mass is 32.2. The van der Waals surface area contributed by atoms with Crippen LogP contribution in [0.1, 0.15) is 42.7 Å². The summed E-state index contributed by atoms with van der Waals surface area (Å²) in [4.78, 5) is 12.5. The Morgan fingerprint density at radius 2 is 1.68 bits per heavy atom. The molecule has 0 aliphatic rings. The zero-order valence-electron chi connectivity index (χ0n) is 14.7. The van der Waals surface area contributed by atoms with E-state index in [1.807, 2.05) is 51.1 Å². The predicted molar refractivity (Wildman–Crippen MR) is 98.8 cm³/mol. The molecule has 6 heteroatoms. The van der Waals surface area contributed by atoms with Gasteiger partial charge < -0.3 is 5.32 Å². The number of nitrogens with one attached hydrogen (secondary N) is 2. The highest BCUT2D eigenvalue weighted by molar-refractivity contribution is 7.89. The minimum absolute atomic E-state index is 0.0909. The normalized spacial score (nSPS) is 12.8. The second kappa shape index (κ2) is 8.27. The van der Waals surface area contributed by atoms with E-state index in [0.29, 0.717) is 12.1 Å². The Hall–Kier alpha value is -2.18. The molecule has 134 valence electrons. The molecule has 2 aromatic carbocycles. The van der Waals surface area contributed by atoms with Crippen LogP contribution < -0.4 is 10.0 Å². The van der Waals surface area contributed by atoms with Crippen LogP contribution in [0.4, 0.5) is 0 Å². The summed E-state index contributed by atoms with van der Waals surface area (Å²) in [6.45, 7) is 6.09. The number of hydrogen-bond acceptors (Lipinski definition) is 3. The van der Waals surface area contributed by atoms with Crippen LogP contribution in [0.3, 0.4) is 0 Å². The highest BCUT2D eigenvalue weighted by Crippen LogP contribution is 2.15. The first-order valence-corrected chi connectivity index (χ1v) is 9.73. The first-order chi connectivity index (χ1) is 11.8. The average Bonchev–Trinajstić information content (AvgIpc) is 2.61. The van der Waals surface area contributed by atoms with Crippen LogP contribution in [-0.4, -0.2) is 20.9 Å². The molecule has 0 unspecified atom stereocenters. The van der Waals surface area contributed by atoms with Gasteiger partial charge in [0.25, 0.3) is 5.91 Å². The van der Waals surface area contributed by atoms with Crippen molar-refractivity contribution in [1.29, 1.82) is 0 Å². The third-order valence-electron chi connectivity index (χ3n) is 3.74. The molecular formula is C19H24N2O3S. The summed E-state index contributed by atoms with van der Waals surface area (Å²) in [5, 5.41) is 2.89. The van der Waals surface area contributed by atoms with E-state index in [9.17, 15) is 13.2 Å². The first kappa shape index (κ1) is 19.1. The number of carbonyl (C=O) groups excluding carboxylic acids is 1. The topological polar surface area (TPSA) is 75.3 Å². The molecule has 0 aliphatic carbocycles. The fraction of sp³-hybridized carbons (Fsp3) is 0.316. The molecule has 2 N–H and O–H groups in total. The second-order valence-corrected chi connectivity index (χ2v) is 8.15. The Morgan fingerprint density at radius 3 is 2.32 bits per heavy atom. The SMILES string of the molecule is CC(C)CNS(=O)(=O)c1cccc(C(=O)N[C@@H](C)c2ccccc2)c1. The van der Waals surface area contributed by atoms with Crippen molar-refractivity contribution < 1.29 is 13.2 Å². The third kappa shape index (κ3) is 5.41. The number of carbonyl (C=O) groups is 1. The molecule has 0 radical (unpaired) electrons. The summed E-state index contributed by atoms with van der Waals surface area (Å²) in [5.41, 5.74) is 1.30. The van der Waals surface area contributed by atoms with Gasteiger partial charge in [-0.15, -0.1) is 0 Å². The van der Waals surface area contributed by atoms with Crippen LogP contribution in [-0.2, 0) is 10.0 Å². The molecule has 0 heterocycles. The average molecular weight is 360 g/mol. The third-order valence-corrected chi connectivity index (χ3v) is 5.16.